The summed E-state index contributed by atoms with van der Waals surface area (Å²) in [5, 5.41) is 9.23. The highest BCUT2D eigenvalue weighted by molar-refractivity contribution is 9.08. The second-order valence-corrected chi connectivity index (χ2v) is 4.11. The van der Waals surface area contributed by atoms with Crippen molar-refractivity contribution < 1.29 is 18.3 Å². The Labute approximate surface area is 117 Å². The maximum absolute atomic E-state index is 12.9. The molecule has 0 unspecified atom stereocenters. The predicted octanol–water partition coefficient (Wildman–Crippen LogP) is 2.89. The van der Waals surface area contributed by atoms with E-state index in [-0.39, 0.29) is 29.6 Å². The van der Waals surface area contributed by atoms with Gasteiger partial charge >= 0.3 is 5.97 Å². The van der Waals surface area contributed by atoms with Crippen molar-refractivity contribution in [2.24, 2.45) is 0 Å². The Bertz CT molecular complexity index is 515. The number of halogens is 3. The maximum atomic E-state index is 12.9. The minimum absolute atomic E-state index is 0.0215. The van der Waals surface area contributed by atoms with Crippen LogP contribution in [0.2, 0.25) is 0 Å². The summed E-state index contributed by atoms with van der Waals surface area (Å²) in [5.74, 6) is -0.599. The lowest BCUT2D eigenvalue weighted by Gasteiger charge is -2.10. The van der Waals surface area contributed by atoms with Gasteiger partial charge < -0.3 is 4.74 Å². The van der Waals surface area contributed by atoms with Gasteiger partial charge in [-0.1, -0.05) is 15.9 Å². The van der Waals surface area contributed by atoms with Crippen LogP contribution in [-0.4, -0.2) is 17.6 Å². The molecule has 0 amide bonds. The molecule has 4 nitrogen and oxygen atoms in total. The number of hydrogen-bond donors (Lipinski definition) is 0. The third-order valence-electron chi connectivity index (χ3n) is 2.28. The van der Waals surface area contributed by atoms with E-state index < -0.39 is 18.0 Å². The number of pyridine rings is 1. The number of alkyl halides is 3. The van der Waals surface area contributed by atoms with Crippen LogP contribution in [0.4, 0.5) is 8.78 Å². The van der Waals surface area contributed by atoms with Crippen molar-refractivity contribution in [3.05, 3.63) is 28.6 Å². The minimum atomic E-state index is -2.80. The third-order valence-corrected chi connectivity index (χ3v) is 2.85. The van der Waals surface area contributed by atoms with Gasteiger partial charge in [-0.2, -0.15) is 5.26 Å². The summed E-state index contributed by atoms with van der Waals surface area (Å²) >= 11 is 3.11. The molecule has 1 aromatic heterocycles. The Hall–Kier alpha value is -1.55. The first-order valence-electron chi connectivity index (χ1n) is 5.46. The average molecular weight is 333 g/mol. The SMILES string of the molecule is CCOC(=O)Cc1nc(CBr)cc(C(F)F)c1C#N. The molecule has 0 aliphatic rings. The molecule has 19 heavy (non-hydrogen) atoms. The highest BCUT2D eigenvalue weighted by atomic mass is 79.9. The number of hydrogen-bond acceptors (Lipinski definition) is 4. The van der Waals surface area contributed by atoms with Gasteiger partial charge in [0.25, 0.3) is 6.43 Å². The van der Waals surface area contributed by atoms with Gasteiger partial charge in [0.05, 0.1) is 30.0 Å². The zero-order chi connectivity index (χ0) is 14.4. The molecule has 0 bridgehead atoms. The first kappa shape index (κ1) is 15.5. The van der Waals surface area contributed by atoms with Gasteiger partial charge in [0.1, 0.15) is 6.07 Å². The van der Waals surface area contributed by atoms with Crippen molar-refractivity contribution in [3.8, 4) is 6.07 Å². The van der Waals surface area contributed by atoms with Crippen LogP contribution in [0.15, 0.2) is 6.07 Å². The molecule has 0 fully saturated rings. The predicted molar refractivity (Wildman–Crippen MR) is 66.9 cm³/mol. The fraction of sp³-hybridized carbons (Fsp3) is 0.417. The number of carbonyl (C=O) groups is 1. The summed E-state index contributed by atoms with van der Waals surface area (Å²) < 4.78 is 30.5. The molecule has 0 atom stereocenters. The number of nitriles is 1. The second-order valence-electron chi connectivity index (χ2n) is 3.55. The molecule has 0 aromatic carbocycles. The number of carbonyl (C=O) groups excluding carboxylic acids is 1. The average Bonchev–Trinajstić information content (AvgIpc) is 2.37. The molecule has 0 saturated heterocycles. The quantitative estimate of drug-likeness (QED) is 0.614. The number of rotatable bonds is 5. The Kier molecular flexibility index (Phi) is 5.83. The van der Waals surface area contributed by atoms with Crippen LogP contribution >= 0.6 is 15.9 Å². The Morgan fingerprint density at radius 2 is 2.32 bits per heavy atom. The molecule has 7 heteroatoms. The Morgan fingerprint density at radius 1 is 1.63 bits per heavy atom. The van der Waals surface area contributed by atoms with Crippen LogP contribution in [0.25, 0.3) is 0 Å². The summed E-state index contributed by atoms with van der Waals surface area (Å²) in [4.78, 5) is 15.4. The van der Waals surface area contributed by atoms with Gasteiger partial charge in [-0.25, -0.2) is 8.78 Å². The molecule has 0 saturated carbocycles. The number of esters is 1. The largest absolute Gasteiger partial charge is 0.466 e. The number of nitrogens with zero attached hydrogens (tertiary/aromatic N) is 2. The number of aromatic nitrogens is 1. The van der Waals surface area contributed by atoms with Crippen LogP contribution in [-0.2, 0) is 21.3 Å². The number of ether oxygens (including phenoxy) is 1. The molecule has 1 heterocycles. The van der Waals surface area contributed by atoms with Gasteiger partial charge in [-0.3, -0.25) is 9.78 Å². The van der Waals surface area contributed by atoms with Gasteiger partial charge in [-0.05, 0) is 13.0 Å². The highest BCUT2D eigenvalue weighted by Gasteiger charge is 2.21. The molecule has 0 aliphatic heterocycles. The summed E-state index contributed by atoms with van der Waals surface area (Å²) in [6.07, 6.45) is -3.09. The molecule has 1 aromatic rings. The van der Waals surface area contributed by atoms with Crippen LogP contribution in [0.1, 0.15) is 35.9 Å². The van der Waals surface area contributed by atoms with E-state index in [1.807, 2.05) is 0 Å². The molecular formula is C12H11BrF2N2O2. The van der Waals surface area contributed by atoms with E-state index in [1.165, 1.54) is 0 Å². The second kappa shape index (κ2) is 7.14. The molecule has 1 rings (SSSR count). The van der Waals surface area contributed by atoms with Crippen LogP contribution < -0.4 is 0 Å². The topological polar surface area (TPSA) is 63.0 Å². The van der Waals surface area contributed by atoms with Crippen LogP contribution in [0.5, 0.6) is 0 Å². The van der Waals surface area contributed by atoms with E-state index >= 15 is 0 Å². The Morgan fingerprint density at radius 3 is 2.79 bits per heavy atom. The minimum Gasteiger partial charge on any atom is -0.466 e. The molecule has 0 spiro atoms. The van der Waals surface area contributed by atoms with Crippen molar-refractivity contribution in [2.45, 2.75) is 25.1 Å². The van der Waals surface area contributed by atoms with Crippen LogP contribution in [0, 0.1) is 11.3 Å². The fourth-order valence-electron chi connectivity index (χ4n) is 1.53. The van der Waals surface area contributed by atoms with Gasteiger partial charge in [-0.15, -0.1) is 0 Å². The first-order chi connectivity index (χ1) is 9.03. The first-order valence-corrected chi connectivity index (χ1v) is 6.58. The normalized spacial score (nSPS) is 10.3. The van der Waals surface area contributed by atoms with E-state index in [2.05, 4.69) is 20.9 Å². The van der Waals surface area contributed by atoms with Crippen LogP contribution in [0.3, 0.4) is 0 Å². The summed E-state index contributed by atoms with van der Waals surface area (Å²) in [6.45, 7) is 1.82. The highest BCUT2D eigenvalue weighted by Crippen LogP contribution is 2.26. The molecular weight excluding hydrogens is 322 g/mol. The summed E-state index contributed by atoms with van der Waals surface area (Å²) in [5.41, 5.74) is -0.305. The lowest BCUT2D eigenvalue weighted by molar-refractivity contribution is -0.142. The Balaban J connectivity index is 3.24. The molecule has 0 N–H and O–H groups in total. The van der Waals surface area contributed by atoms with E-state index in [1.54, 1.807) is 13.0 Å². The fourth-order valence-corrected chi connectivity index (χ4v) is 1.81. The van der Waals surface area contributed by atoms with E-state index in [4.69, 9.17) is 10.00 Å². The molecule has 102 valence electrons. The molecule has 0 radical (unpaired) electrons. The van der Waals surface area contributed by atoms with E-state index in [0.717, 1.165) is 6.07 Å². The third kappa shape index (κ3) is 3.96. The molecule has 0 aliphatic carbocycles. The van der Waals surface area contributed by atoms with Crippen molar-refractivity contribution in [1.29, 1.82) is 5.26 Å². The summed E-state index contributed by atoms with van der Waals surface area (Å²) in [7, 11) is 0. The van der Waals surface area contributed by atoms with Crippen molar-refractivity contribution in [1.82, 2.24) is 4.98 Å². The lowest BCUT2D eigenvalue weighted by atomic mass is 10.0. The monoisotopic (exact) mass is 332 g/mol. The smallest absolute Gasteiger partial charge is 0.311 e. The standard InChI is InChI=1S/C12H11BrF2N2O2/c1-2-19-11(18)4-10-9(6-16)8(12(14)15)3-7(5-13)17-10/h3,12H,2,4-5H2,1H3. The van der Waals surface area contributed by atoms with Gasteiger partial charge in [0, 0.05) is 10.9 Å². The maximum Gasteiger partial charge on any atom is 0.311 e. The van der Waals surface area contributed by atoms with Gasteiger partial charge in [0.15, 0.2) is 0 Å². The zero-order valence-corrected chi connectivity index (χ0v) is 11.7. The zero-order valence-electron chi connectivity index (χ0n) is 10.1. The van der Waals surface area contributed by atoms with E-state index in [0.29, 0.717) is 5.69 Å². The van der Waals surface area contributed by atoms with E-state index in [9.17, 15) is 13.6 Å². The lowest BCUT2D eigenvalue weighted by Crippen LogP contribution is -2.12. The van der Waals surface area contributed by atoms with Crippen molar-refractivity contribution in [3.63, 3.8) is 0 Å². The van der Waals surface area contributed by atoms with Crippen molar-refractivity contribution >= 4 is 21.9 Å². The van der Waals surface area contributed by atoms with Gasteiger partial charge in [0.2, 0.25) is 0 Å². The summed E-state index contributed by atoms with van der Waals surface area (Å²) in [6, 6.07) is 2.84. The van der Waals surface area contributed by atoms with Crippen molar-refractivity contribution in [2.75, 3.05) is 6.61 Å².